The zero-order chi connectivity index (χ0) is 13.4. The molecule has 0 heterocycles. The van der Waals surface area contributed by atoms with E-state index in [9.17, 15) is 9.90 Å². The number of carbonyl (C=O) groups is 1. The number of esters is 1. The van der Waals surface area contributed by atoms with E-state index >= 15 is 0 Å². The van der Waals surface area contributed by atoms with Gasteiger partial charge < -0.3 is 14.9 Å². The molecular weight excluding hydrogens is 232 g/mol. The van der Waals surface area contributed by atoms with Crippen LogP contribution in [-0.4, -0.2) is 35.5 Å². The molecule has 1 rings (SSSR count). The van der Waals surface area contributed by atoms with Crippen LogP contribution in [0.5, 0.6) is 0 Å². The number of carbonyl (C=O) groups excluding carboxylic acids is 1. The largest absolute Gasteiger partial charge is 0.466 e. The lowest BCUT2D eigenvalue weighted by Crippen LogP contribution is -2.33. The van der Waals surface area contributed by atoms with Gasteiger partial charge in [0.05, 0.1) is 19.3 Å². The summed E-state index contributed by atoms with van der Waals surface area (Å²) in [7, 11) is 0. The zero-order valence-corrected chi connectivity index (χ0v) is 10.6. The number of aryl methyl sites for hydroxylation is 1. The van der Waals surface area contributed by atoms with Crippen LogP contribution >= 0.6 is 0 Å². The van der Waals surface area contributed by atoms with Crippen LogP contribution in [0.2, 0.25) is 0 Å². The van der Waals surface area contributed by atoms with Gasteiger partial charge in [-0.1, -0.05) is 30.3 Å². The van der Waals surface area contributed by atoms with Crippen molar-refractivity contribution >= 4 is 5.97 Å². The molecule has 0 amide bonds. The Labute approximate surface area is 107 Å². The van der Waals surface area contributed by atoms with Crippen molar-refractivity contribution in [3.05, 3.63) is 35.9 Å². The Morgan fingerprint density at radius 3 is 2.56 bits per heavy atom. The molecule has 0 bridgehead atoms. The number of rotatable bonds is 7. The molecule has 1 aromatic rings. The van der Waals surface area contributed by atoms with Crippen LogP contribution in [0.3, 0.4) is 0 Å². The first kappa shape index (κ1) is 14.7. The second kappa shape index (κ2) is 7.84. The zero-order valence-electron chi connectivity index (χ0n) is 10.6. The fourth-order valence-corrected chi connectivity index (χ4v) is 1.76. The van der Waals surface area contributed by atoms with Crippen LogP contribution in [0.1, 0.15) is 18.9 Å². The molecule has 0 spiro atoms. The molecule has 0 aliphatic heterocycles. The van der Waals surface area contributed by atoms with E-state index in [0.29, 0.717) is 12.8 Å². The molecule has 2 atom stereocenters. The van der Waals surface area contributed by atoms with Gasteiger partial charge in [0.15, 0.2) is 0 Å². The summed E-state index contributed by atoms with van der Waals surface area (Å²) in [4.78, 5) is 11.5. The minimum atomic E-state index is -0.880. The fourth-order valence-electron chi connectivity index (χ4n) is 1.76. The van der Waals surface area contributed by atoms with Gasteiger partial charge in [-0.3, -0.25) is 4.79 Å². The average Bonchev–Trinajstić information content (AvgIpc) is 2.39. The molecule has 1 aromatic carbocycles. The lowest BCUT2D eigenvalue weighted by Gasteiger charge is -2.19. The summed E-state index contributed by atoms with van der Waals surface area (Å²) in [5, 5.41) is 19.0. The van der Waals surface area contributed by atoms with Crippen LogP contribution in [0.15, 0.2) is 30.3 Å². The standard InChI is InChI=1S/C14H20O4/c1-2-18-14(17)12(10-15)13(16)9-8-11-6-4-3-5-7-11/h3-7,12-13,15-16H,2,8-10H2,1H3/t12-,13-/m0/s1. The third-order valence-corrected chi connectivity index (χ3v) is 2.82. The minimum Gasteiger partial charge on any atom is -0.466 e. The Hall–Kier alpha value is -1.39. The van der Waals surface area contributed by atoms with Gasteiger partial charge in [0.2, 0.25) is 0 Å². The van der Waals surface area contributed by atoms with E-state index in [4.69, 9.17) is 9.84 Å². The minimum absolute atomic E-state index is 0.251. The second-order valence-corrected chi connectivity index (χ2v) is 4.13. The van der Waals surface area contributed by atoms with Crippen LogP contribution in [0.25, 0.3) is 0 Å². The van der Waals surface area contributed by atoms with Gasteiger partial charge in [0.25, 0.3) is 0 Å². The molecule has 0 aromatic heterocycles. The highest BCUT2D eigenvalue weighted by Crippen LogP contribution is 2.13. The van der Waals surface area contributed by atoms with Crippen molar-refractivity contribution in [3.8, 4) is 0 Å². The monoisotopic (exact) mass is 252 g/mol. The Morgan fingerprint density at radius 2 is 2.00 bits per heavy atom. The molecule has 18 heavy (non-hydrogen) atoms. The van der Waals surface area contributed by atoms with Gasteiger partial charge >= 0.3 is 5.97 Å². The van der Waals surface area contributed by atoms with Crippen LogP contribution in [0.4, 0.5) is 0 Å². The summed E-state index contributed by atoms with van der Waals surface area (Å²) < 4.78 is 4.81. The Morgan fingerprint density at radius 1 is 1.33 bits per heavy atom. The van der Waals surface area contributed by atoms with Crippen LogP contribution in [-0.2, 0) is 16.0 Å². The molecular formula is C14H20O4. The normalized spacial score (nSPS) is 13.9. The van der Waals surface area contributed by atoms with Crippen LogP contribution in [0, 0.1) is 5.92 Å². The summed E-state index contributed by atoms with van der Waals surface area (Å²) in [6.45, 7) is 1.55. The molecule has 100 valence electrons. The summed E-state index contributed by atoms with van der Waals surface area (Å²) in [5.41, 5.74) is 1.09. The topological polar surface area (TPSA) is 66.8 Å². The van der Waals surface area contributed by atoms with Crippen LogP contribution < -0.4 is 0 Å². The number of hydrogen-bond acceptors (Lipinski definition) is 4. The van der Waals surface area contributed by atoms with E-state index in [1.807, 2.05) is 30.3 Å². The van der Waals surface area contributed by atoms with Gasteiger partial charge in [-0.15, -0.1) is 0 Å². The highest BCUT2D eigenvalue weighted by Gasteiger charge is 2.27. The quantitative estimate of drug-likeness (QED) is 0.714. The Kier molecular flexibility index (Phi) is 6.39. The Bertz CT molecular complexity index is 350. The van der Waals surface area contributed by atoms with Gasteiger partial charge in [-0.2, -0.15) is 0 Å². The van der Waals surface area contributed by atoms with Crippen molar-refractivity contribution < 1.29 is 19.7 Å². The highest BCUT2D eigenvalue weighted by molar-refractivity contribution is 5.73. The molecule has 4 nitrogen and oxygen atoms in total. The van der Waals surface area contributed by atoms with Crippen molar-refractivity contribution in [2.75, 3.05) is 13.2 Å². The molecule has 4 heteroatoms. The van der Waals surface area contributed by atoms with E-state index < -0.39 is 24.6 Å². The molecule has 0 unspecified atom stereocenters. The van der Waals surface area contributed by atoms with E-state index in [-0.39, 0.29) is 6.61 Å². The number of benzene rings is 1. The Balaban J connectivity index is 2.47. The van der Waals surface area contributed by atoms with Gasteiger partial charge in [0.1, 0.15) is 5.92 Å². The van der Waals surface area contributed by atoms with Crippen molar-refractivity contribution in [1.82, 2.24) is 0 Å². The molecule has 0 aliphatic rings. The summed E-state index contributed by atoms with van der Waals surface area (Å²) in [5.74, 6) is -1.39. The smallest absolute Gasteiger partial charge is 0.313 e. The van der Waals surface area contributed by atoms with Gasteiger partial charge in [-0.25, -0.2) is 0 Å². The maximum absolute atomic E-state index is 11.5. The number of aliphatic hydroxyl groups is 2. The summed E-state index contributed by atoms with van der Waals surface area (Å²) in [6.07, 6.45) is 0.209. The average molecular weight is 252 g/mol. The third kappa shape index (κ3) is 4.47. The molecule has 0 radical (unpaired) electrons. The molecule has 2 N–H and O–H groups in total. The van der Waals surface area contributed by atoms with E-state index in [2.05, 4.69) is 0 Å². The first-order chi connectivity index (χ1) is 8.69. The van der Waals surface area contributed by atoms with E-state index in [0.717, 1.165) is 5.56 Å². The van der Waals surface area contributed by atoms with Gasteiger partial charge in [-0.05, 0) is 25.3 Å². The lowest BCUT2D eigenvalue weighted by molar-refractivity contribution is -0.154. The maximum Gasteiger partial charge on any atom is 0.313 e. The summed E-state index contributed by atoms with van der Waals surface area (Å²) in [6, 6.07) is 9.71. The molecule has 0 fully saturated rings. The highest BCUT2D eigenvalue weighted by atomic mass is 16.5. The molecule has 0 aliphatic carbocycles. The van der Waals surface area contributed by atoms with Crippen molar-refractivity contribution in [1.29, 1.82) is 0 Å². The van der Waals surface area contributed by atoms with E-state index in [1.165, 1.54) is 0 Å². The maximum atomic E-state index is 11.5. The molecule has 0 saturated carbocycles. The van der Waals surface area contributed by atoms with Crippen molar-refractivity contribution in [2.45, 2.75) is 25.9 Å². The first-order valence-electron chi connectivity index (χ1n) is 6.18. The van der Waals surface area contributed by atoms with Crippen molar-refractivity contribution in [2.24, 2.45) is 5.92 Å². The molecule has 0 saturated heterocycles. The summed E-state index contributed by atoms with van der Waals surface area (Å²) >= 11 is 0. The second-order valence-electron chi connectivity index (χ2n) is 4.13. The number of hydrogen-bond donors (Lipinski definition) is 2. The first-order valence-corrected chi connectivity index (χ1v) is 6.18. The fraction of sp³-hybridized carbons (Fsp3) is 0.500. The van der Waals surface area contributed by atoms with E-state index in [1.54, 1.807) is 6.92 Å². The third-order valence-electron chi connectivity index (χ3n) is 2.82. The SMILES string of the molecule is CCOC(=O)[C@@H](CO)[C@@H](O)CCc1ccccc1. The number of aliphatic hydroxyl groups excluding tert-OH is 2. The number of ether oxygens (including phenoxy) is 1. The lowest BCUT2D eigenvalue weighted by atomic mass is 9.97. The van der Waals surface area contributed by atoms with Gasteiger partial charge in [0, 0.05) is 0 Å². The van der Waals surface area contributed by atoms with Crippen molar-refractivity contribution in [3.63, 3.8) is 0 Å². The predicted octanol–water partition coefficient (Wildman–Crippen LogP) is 1.15. The predicted molar refractivity (Wildman–Crippen MR) is 68.0 cm³/mol.